The van der Waals surface area contributed by atoms with Crippen molar-refractivity contribution in [3.63, 3.8) is 0 Å². The lowest BCUT2D eigenvalue weighted by molar-refractivity contribution is -0.116. The molecular formula is C16H22N2O4. The van der Waals surface area contributed by atoms with Crippen LogP contribution in [0.3, 0.4) is 0 Å². The van der Waals surface area contributed by atoms with Crippen LogP contribution in [0.5, 0.6) is 0 Å². The molecule has 1 aromatic rings. The van der Waals surface area contributed by atoms with Gasteiger partial charge in [0, 0.05) is 20.1 Å². The van der Waals surface area contributed by atoms with Gasteiger partial charge in [0.25, 0.3) is 0 Å². The van der Waals surface area contributed by atoms with Crippen LogP contribution in [-0.2, 0) is 14.3 Å². The largest absolute Gasteiger partial charge is 0.465 e. The number of hydrogen-bond acceptors (Lipinski definition) is 5. The molecule has 1 aliphatic heterocycles. The molecule has 1 atom stereocenters. The van der Waals surface area contributed by atoms with E-state index in [0.717, 1.165) is 25.9 Å². The van der Waals surface area contributed by atoms with Gasteiger partial charge in [0.05, 0.1) is 30.2 Å². The fourth-order valence-electron chi connectivity index (χ4n) is 2.58. The highest BCUT2D eigenvalue weighted by Gasteiger charge is 2.18. The molecule has 0 aromatic heterocycles. The molecule has 0 saturated carbocycles. The maximum absolute atomic E-state index is 12.1. The zero-order valence-electron chi connectivity index (χ0n) is 13.0. The van der Waals surface area contributed by atoms with E-state index in [-0.39, 0.29) is 12.0 Å². The summed E-state index contributed by atoms with van der Waals surface area (Å²) in [5.74, 6) is -0.533. The van der Waals surface area contributed by atoms with E-state index in [4.69, 9.17) is 9.47 Å². The number of nitrogens with one attached hydrogen (secondary N) is 2. The van der Waals surface area contributed by atoms with Gasteiger partial charge < -0.3 is 20.1 Å². The molecule has 6 heteroatoms. The maximum atomic E-state index is 12.1. The summed E-state index contributed by atoms with van der Waals surface area (Å²) in [6.07, 6.45) is 3.40. The number of benzene rings is 1. The van der Waals surface area contributed by atoms with Gasteiger partial charge in [0.15, 0.2) is 0 Å². The van der Waals surface area contributed by atoms with Gasteiger partial charge in [0.2, 0.25) is 5.91 Å². The van der Waals surface area contributed by atoms with Crippen LogP contribution in [0.1, 0.15) is 36.0 Å². The van der Waals surface area contributed by atoms with Crippen molar-refractivity contribution in [2.24, 2.45) is 0 Å². The van der Waals surface area contributed by atoms with Gasteiger partial charge in [-0.15, -0.1) is 0 Å². The van der Waals surface area contributed by atoms with E-state index in [9.17, 15) is 9.59 Å². The van der Waals surface area contributed by atoms with Gasteiger partial charge in [-0.1, -0.05) is 6.07 Å². The molecule has 1 unspecified atom stereocenters. The Balaban J connectivity index is 2.01. The predicted molar refractivity (Wildman–Crippen MR) is 84.2 cm³/mol. The number of ether oxygens (including phenoxy) is 2. The summed E-state index contributed by atoms with van der Waals surface area (Å²) in [7, 11) is 3.03. The molecule has 120 valence electrons. The van der Waals surface area contributed by atoms with Crippen LogP contribution in [-0.4, -0.2) is 38.7 Å². The molecule has 1 amide bonds. The number of anilines is 2. The molecule has 2 N–H and O–H groups in total. The average molecular weight is 306 g/mol. The summed E-state index contributed by atoms with van der Waals surface area (Å²) in [6, 6.07) is 5.12. The summed E-state index contributed by atoms with van der Waals surface area (Å²) in [5.41, 5.74) is 1.52. The molecule has 1 saturated heterocycles. The van der Waals surface area contributed by atoms with Crippen molar-refractivity contribution in [3.8, 4) is 0 Å². The Morgan fingerprint density at radius 2 is 2.23 bits per heavy atom. The number of esters is 1. The third-order valence-electron chi connectivity index (χ3n) is 3.71. The predicted octanol–water partition coefficient (Wildman–Crippen LogP) is 2.41. The van der Waals surface area contributed by atoms with Crippen LogP contribution in [0.2, 0.25) is 0 Å². The second-order valence-corrected chi connectivity index (χ2v) is 5.19. The molecule has 0 bridgehead atoms. The smallest absolute Gasteiger partial charge is 0.340 e. The zero-order valence-corrected chi connectivity index (χ0v) is 13.0. The lowest BCUT2D eigenvalue weighted by Gasteiger charge is -2.14. The molecule has 0 radical (unpaired) electrons. The van der Waals surface area contributed by atoms with Crippen molar-refractivity contribution >= 4 is 23.3 Å². The van der Waals surface area contributed by atoms with E-state index in [2.05, 4.69) is 10.6 Å². The quantitative estimate of drug-likeness (QED) is 0.789. The minimum absolute atomic E-state index is 0.0889. The zero-order chi connectivity index (χ0) is 15.9. The van der Waals surface area contributed by atoms with E-state index in [1.165, 1.54) is 7.11 Å². The SMILES string of the molecule is CNc1c(NC(=O)CCC2CCCO2)cccc1C(=O)OC. The molecule has 22 heavy (non-hydrogen) atoms. The van der Waals surface area contributed by atoms with E-state index >= 15 is 0 Å². The van der Waals surface area contributed by atoms with Gasteiger partial charge in [-0.25, -0.2) is 4.79 Å². The van der Waals surface area contributed by atoms with E-state index in [1.54, 1.807) is 25.2 Å². The number of para-hydroxylation sites is 1. The molecule has 1 fully saturated rings. The first-order chi connectivity index (χ1) is 10.7. The Hall–Kier alpha value is -2.08. The number of carbonyl (C=O) groups is 2. The Bertz CT molecular complexity index is 539. The summed E-state index contributed by atoms with van der Waals surface area (Å²) >= 11 is 0. The minimum atomic E-state index is -0.445. The first kappa shape index (κ1) is 16.3. The van der Waals surface area contributed by atoms with Crippen molar-refractivity contribution in [3.05, 3.63) is 23.8 Å². The Morgan fingerprint density at radius 1 is 1.41 bits per heavy atom. The molecule has 1 heterocycles. The van der Waals surface area contributed by atoms with Gasteiger partial charge in [-0.2, -0.15) is 0 Å². The number of methoxy groups -OCH3 is 1. The van der Waals surface area contributed by atoms with E-state index in [1.807, 2.05) is 0 Å². The lowest BCUT2D eigenvalue weighted by Crippen LogP contribution is -2.17. The standard InChI is InChI=1S/C16H22N2O4/c1-17-15-12(16(20)21-2)6-3-7-13(15)18-14(19)9-8-11-5-4-10-22-11/h3,6-7,11,17H,4-5,8-10H2,1-2H3,(H,18,19). The van der Waals surface area contributed by atoms with E-state index < -0.39 is 5.97 Å². The highest BCUT2D eigenvalue weighted by atomic mass is 16.5. The molecule has 0 aliphatic carbocycles. The summed E-state index contributed by atoms with van der Waals surface area (Å²) < 4.78 is 10.3. The van der Waals surface area contributed by atoms with Crippen LogP contribution in [0, 0.1) is 0 Å². The minimum Gasteiger partial charge on any atom is -0.465 e. The Morgan fingerprint density at radius 3 is 2.86 bits per heavy atom. The summed E-state index contributed by atoms with van der Waals surface area (Å²) in [5, 5.41) is 5.78. The fourth-order valence-corrected chi connectivity index (χ4v) is 2.58. The van der Waals surface area contributed by atoms with Crippen molar-refractivity contribution in [2.45, 2.75) is 31.8 Å². The highest BCUT2D eigenvalue weighted by Crippen LogP contribution is 2.27. The molecule has 2 rings (SSSR count). The van der Waals surface area contributed by atoms with Gasteiger partial charge in [0.1, 0.15) is 0 Å². The maximum Gasteiger partial charge on any atom is 0.340 e. The van der Waals surface area contributed by atoms with Crippen LogP contribution in [0.15, 0.2) is 18.2 Å². The Kier molecular flexibility index (Phi) is 5.77. The molecule has 6 nitrogen and oxygen atoms in total. The number of hydrogen-bond donors (Lipinski definition) is 2. The van der Waals surface area contributed by atoms with Gasteiger partial charge in [-0.05, 0) is 31.4 Å². The summed E-state index contributed by atoms with van der Waals surface area (Å²) in [6.45, 7) is 0.789. The number of amides is 1. The second-order valence-electron chi connectivity index (χ2n) is 5.19. The summed E-state index contributed by atoms with van der Waals surface area (Å²) in [4.78, 5) is 23.8. The van der Waals surface area contributed by atoms with Crippen molar-refractivity contribution in [2.75, 3.05) is 31.4 Å². The first-order valence-electron chi connectivity index (χ1n) is 7.46. The lowest BCUT2D eigenvalue weighted by atomic mass is 10.1. The van der Waals surface area contributed by atoms with Crippen molar-refractivity contribution in [1.82, 2.24) is 0 Å². The topological polar surface area (TPSA) is 76.7 Å². The van der Waals surface area contributed by atoms with Crippen molar-refractivity contribution in [1.29, 1.82) is 0 Å². The monoisotopic (exact) mass is 306 g/mol. The third-order valence-corrected chi connectivity index (χ3v) is 3.71. The molecule has 1 aromatic carbocycles. The van der Waals surface area contributed by atoms with Crippen molar-refractivity contribution < 1.29 is 19.1 Å². The normalized spacial score (nSPS) is 17.1. The second kappa shape index (κ2) is 7.79. The fraction of sp³-hybridized carbons (Fsp3) is 0.500. The van der Waals surface area contributed by atoms with Crippen LogP contribution >= 0.6 is 0 Å². The highest BCUT2D eigenvalue weighted by molar-refractivity contribution is 6.02. The molecular weight excluding hydrogens is 284 g/mol. The number of rotatable bonds is 6. The third kappa shape index (κ3) is 3.98. The van der Waals surface area contributed by atoms with Crippen LogP contribution < -0.4 is 10.6 Å². The first-order valence-corrected chi connectivity index (χ1v) is 7.46. The van der Waals surface area contributed by atoms with Gasteiger partial charge >= 0.3 is 5.97 Å². The van der Waals surface area contributed by atoms with E-state index in [0.29, 0.717) is 23.4 Å². The van der Waals surface area contributed by atoms with Crippen LogP contribution in [0.4, 0.5) is 11.4 Å². The number of carbonyl (C=O) groups excluding carboxylic acids is 2. The molecule has 0 spiro atoms. The molecule has 1 aliphatic rings. The van der Waals surface area contributed by atoms with Crippen LogP contribution in [0.25, 0.3) is 0 Å². The van der Waals surface area contributed by atoms with Gasteiger partial charge in [-0.3, -0.25) is 4.79 Å². The Labute approximate surface area is 130 Å². The average Bonchev–Trinajstić information content (AvgIpc) is 3.05.